The molecule has 0 atom stereocenters. The fourth-order valence-corrected chi connectivity index (χ4v) is 3.32. The zero-order valence-corrected chi connectivity index (χ0v) is 16.3. The standard InChI is InChI=1S/C23H22N4O3/c28-20(15-22(29)27-13-12-25-26-27)23-19(14-18-8-10-24-11-9-18)16-30-21(23)7-6-17-4-2-1-3-5-17/h1-5,8-13,15-16,25-26,29H,6-7,14H2. The number of hydrazine groups is 2. The molecule has 3 aromatic rings. The van der Waals surface area contributed by atoms with Crippen molar-refractivity contribution in [3.8, 4) is 0 Å². The molecule has 3 N–H and O–H groups in total. The third-order valence-electron chi connectivity index (χ3n) is 4.82. The van der Waals surface area contributed by atoms with Gasteiger partial charge in [-0.3, -0.25) is 9.78 Å². The van der Waals surface area contributed by atoms with Crippen LogP contribution in [0.5, 0.6) is 0 Å². The van der Waals surface area contributed by atoms with Gasteiger partial charge in [0.15, 0.2) is 5.78 Å². The Kier molecular flexibility index (Phi) is 5.91. The van der Waals surface area contributed by atoms with E-state index in [2.05, 4.69) is 15.9 Å². The lowest BCUT2D eigenvalue weighted by molar-refractivity contribution is 0.103. The Bertz CT molecular complexity index is 1060. The number of allylic oxidation sites excluding steroid dienone is 1. The number of aliphatic hydroxyl groups is 1. The average molecular weight is 402 g/mol. The van der Waals surface area contributed by atoms with Crippen molar-refractivity contribution in [3.63, 3.8) is 0 Å². The van der Waals surface area contributed by atoms with Crippen molar-refractivity contribution in [2.45, 2.75) is 19.3 Å². The Morgan fingerprint density at radius 2 is 1.90 bits per heavy atom. The summed E-state index contributed by atoms with van der Waals surface area (Å²) >= 11 is 0. The van der Waals surface area contributed by atoms with Crippen LogP contribution in [0.25, 0.3) is 0 Å². The van der Waals surface area contributed by atoms with Crippen LogP contribution in [0.3, 0.4) is 0 Å². The van der Waals surface area contributed by atoms with Crippen LogP contribution >= 0.6 is 0 Å². The lowest BCUT2D eigenvalue weighted by Crippen LogP contribution is -2.35. The molecule has 0 fully saturated rings. The van der Waals surface area contributed by atoms with Crippen LogP contribution in [0, 0.1) is 0 Å². The topological polar surface area (TPSA) is 90.6 Å². The van der Waals surface area contributed by atoms with Gasteiger partial charge < -0.3 is 14.9 Å². The molecule has 7 nitrogen and oxygen atoms in total. The van der Waals surface area contributed by atoms with Gasteiger partial charge in [0.1, 0.15) is 5.76 Å². The molecule has 30 heavy (non-hydrogen) atoms. The lowest BCUT2D eigenvalue weighted by Gasteiger charge is -2.13. The van der Waals surface area contributed by atoms with E-state index < -0.39 is 0 Å². The molecule has 0 radical (unpaired) electrons. The second-order valence-electron chi connectivity index (χ2n) is 6.89. The molecule has 2 aromatic heterocycles. The average Bonchev–Trinajstić information content (AvgIpc) is 3.44. The van der Waals surface area contributed by atoms with Gasteiger partial charge in [-0.1, -0.05) is 30.3 Å². The van der Waals surface area contributed by atoms with Crippen LogP contribution in [0.1, 0.15) is 32.8 Å². The van der Waals surface area contributed by atoms with E-state index in [0.717, 1.165) is 17.5 Å². The lowest BCUT2D eigenvalue weighted by atomic mass is 9.97. The summed E-state index contributed by atoms with van der Waals surface area (Å²) in [5.41, 5.74) is 8.87. The second-order valence-corrected chi connectivity index (χ2v) is 6.89. The number of benzene rings is 1. The van der Waals surface area contributed by atoms with Crippen molar-refractivity contribution in [2.24, 2.45) is 0 Å². The largest absolute Gasteiger partial charge is 0.493 e. The van der Waals surface area contributed by atoms with Crippen molar-refractivity contribution in [3.05, 3.63) is 113 Å². The van der Waals surface area contributed by atoms with Gasteiger partial charge in [0.05, 0.1) is 11.8 Å². The van der Waals surface area contributed by atoms with Gasteiger partial charge in [0.25, 0.3) is 0 Å². The Balaban J connectivity index is 1.61. The van der Waals surface area contributed by atoms with E-state index in [9.17, 15) is 9.90 Å². The van der Waals surface area contributed by atoms with E-state index in [1.165, 1.54) is 16.6 Å². The number of hydrogen-bond donors (Lipinski definition) is 3. The molecule has 0 saturated heterocycles. The Labute approximate surface area is 174 Å². The second kappa shape index (κ2) is 9.11. The van der Waals surface area contributed by atoms with Gasteiger partial charge in [-0.15, -0.1) is 5.53 Å². The molecule has 0 amide bonds. The molecule has 0 aliphatic carbocycles. The monoisotopic (exact) mass is 402 g/mol. The summed E-state index contributed by atoms with van der Waals surface area (Å²) in [5, 5.41) is 11.6. The van der Waals surface area contributed by atoms with Crippen molar-refractivity contribution in [1.82, 2.24) is 21.0 Å². The minimum Gasteiger partial charge on any atom is -0.493 e. The summed E-state index contributed by atoms with van der Waals surface area (Å²) in [6.07, 6.45) is 11.3. The number of nitrogens with one attached hydrogen (secondary N) is 2. The highest BCUT2D eigenvalue weighted by molar-refractivity contribution is 6.06. The number of aliphatic hydroxyl groups excluding tert-OH is 1. The number of rotatable bonds is 8. The Hall–Kier alpha value is -3.84. The van der Waals surface area contributed by atoms with E-state index in [1.54, 1.807) is 31.1 Å². The Morgan fingerprint density at radius 3 is 2.63 bits per heavy atom. The van der Waals surface area contributed by atoms with Crippen LogP contribution in [0.2, 0.25) is 0 Å². The van der Waals surface area contributed by atoms with Crippen LogP contribution in [-0.2, 0) is 19.3 Å². The van der Waals surface area contributed by atoms with Crippen LogP contribution in [0.4, 0.5) is 0 Å². The predicted molar refractivity (Wildman–Crippen MR) is 112 cm³/mol. The van der Waals surface area contributed by atoms with Crippen LogP contribution < -0.4 is 11.0 Å². The number of nitrogens with zero attached hydrogens (tertiary/aromatic N) is 2. The molecule has 0 saturated carbocycles. The molecule has 1 aliphatic heterocycles. The van der Waals surface area contributed by atoms with Crippen LogP contribution in [0.15, 0.2) is 89.9 Å². The maximum Gasteiger partial charge on any atom is 0.211 e. The third kappa shape index (κ3) is 4.59. The number of ketones is 1. The Morgan fingerprint density at radius 1 is 1.10 bits per heavy atom. The van der Waals surface area contributed by atoms with Gasteiger partial charge in [-0.05, 0) is 29.7 Å². The smallest absolute Gasteiger partial charge is 0.211 e. The number of hydrogen-bond acceptors (Lipinski definition) is 7. The molecule has 3 heterocycles. The first-order chi connectivity index (χ1) is 14.7. The number of furan rings is 1. The molecule has 0 bridgehead atoms. The summed E-state index contributed by atoms with van der Waals surface area (Å²) in [5.74, 6) is 0.0850. The van der Waals surface area contributed by atoms with Crippen molar-refractivity contribution in [2.75, 3.05) is 0 Å². The normalized spacial score (nSPS) is 13.5. The number of aryl methyl sites for hydroxylation is 2. The van der Waals surface area contributed by atoms with E-state index in [0.29, 0.717) is 24.2 Å². The summed E-state index contributed by atoms with van der Waals surface area (Å²) in [4.78, 5) is 17.1. The molecule has 4 rings (SSSR count). The molecular formula is C23H22N4O3. The maximum atomic E-state index is 13.1. The number of pyridine rings is 1. The summed E-state index contributed by atoms with van der Waals surface area (Å²) < 4.78 is 5.82. The van der Waals surface area contributed by atoms with Gasteiger partial charge >= 0.3 is 0 Å². The quantitative estimate of drug-likeness (QED) is 0.302. The van der Waals surface area contributed by atoms with E-state index in [-0.39, 0.29) is 11.7 Å². The molecule has 152 valence electrons. The van der Waals surface area contributed by atoms with E-state index in [1.807, 2.05) is 42.5 Å². The highest BCUT2D eigenvalue weighted by Gasteiger charge is 2.21. The predicted octanol–water partition coefficient (Wildman–Crippen LogP) is 3.43. The first-order valence-corrected chi connectivity index (χ1v) is 9.65. The molecule has 1 aromatic carbocycles. The zero-order valence-electron chi connectivity index (χ0n) is 16.3. The molecule has 0 spiro atoms. The highest BCUT2D eigenvalue weighted by atomic mass is 16.3. The summed E-state index contributed by atoms with van der Waals surface area (Å²) in [7, 11) is 0. The molecule has 7 heteroatoms. The minimum atomic E-state index is -0.310. The summed E-state index contributed by atoms with van der Waals surface area (Å²) in [6.45, 7) is 0. The van der Waals surface area contributed by atoms with Gasteiger partial charge in [-0.2, -0.15) is 0 Å². The molecule has 1 aliphatic rings. The minimum absolute atomic E-state index is 0.216. The van der Waals surface area contributed by atoms with Crippen molar-refractivity contribution in [1.29, 1.82) is 0 Å². The van der Waals surface area contributed by atoms with Crippen molar-refractivity contribution >= 4 is 5.78 Å². The maximum absolute atomic E-state index is 13.1. The highest BCUT2D eigenvalue weighted by Crippen LogP contribution is 2.24. The number of aromatic nitrogens is 1. The molecule has 0 unspecified atom stereocenters. The van der Waals surface area contributed by atoms with E-state index >= 15 is 0 Å². The first kappa shape index (κ1) is 19.5. The van der Waals surface area contributed by atoms with Gasteiger partial charge in [-0.25, -0.2) is 5.01 Å². The van der Waals surface area contributed by atoms with E-state index in [4.69, 9.17) is 4.42 Å². The zero-order chi connectivity index (χ0) is 20.8. The molecular weight excluding hydrogens is 380 g/mol. The first-order valence-electron chi connectivity index (χ1n) is 9.65. The number of carbonyl (C=O) groups excluding carboxylic acids is 1. The fraction of sp³-hybridized carbons (Fsp3) is 0.130. The fourth-order valence-electron chi connectivity index (χ4n) is 3.32. The third-order valence-corrected chi connectivity index (χ3v) is 4.82. The van der Waals surface area contributed by atoms with Crippen LogP contribution in [-0.4, -0.2) is 20.9 Å². The number of carbonyl (C=O) groups is 1. The summed E-state index contributed by atoms with van der Waals surface area (Å²) in [6, 6.07) is 13.9. The van der Waals surface area contributed by atoms with Crippen molar-refractivity contribution < 1.29 is 14.3 Å². The van der Waals surface area contributed by atoms with Gasteiger partial charge in [0.2, 0.25) is 5.88 Å². The SMILES string of the molecule is O=C(C=C(O)N1C=CNN1)c1c(Cc2ccncc2)coc1CCc1ccccc1. The van der Waals surface area contributed by atoms with Gasteiger partial charge in [0, 0.05) is 49.3 Å².